The van der Waals surface area contributed by atoms with Crippen molar-refractivity contribution in [1.29, 1.82) is 0 Å². The number of primary amides is 1. The predicted molar refractivity (Wildman–Crippen MR) is 164 cm³/mol. The number of ether oxygens (including phenoxy) is 2. The van der Waals surface area contributed by atoms with Crippen LogP contribution in [0.2, 0.25) is 5.02 Å². The Morgan fingerprint density at radius 3 is 2.62 bits per heavy atom. The van der Waals surface area contributed by atoms with Gasteiger partial charge in [0.05, 0.1) is 10.5 Å². The van der Waals surface area contributed by atoms with Gasteiger partial charge in [-0.1, -0.05) is 42.6 Å². The molecule has 1 aromatic heterocycles. The van der Waals surface area contributed by atoms with Gasteiger partial charge < -0.3 is 30.6 Å². The van der Waals surface area contributed by atoms with Crippen LogP contribution in [0.15, 0.2) is 65.5 Å². The number of nitrogens with one attached hydrogen (secondary N) is 2. The molecule has 3 aromatic carbocycles. The molecule has 1 atom stereocenters. The van der Waals surface area contributed by atoms with Gasteiger partial charge in [-0.3, -0.25) is 9.36 Å². The number of β-amino-alcohol motifs (C(OH)–C–C–N with tert-alkyl or cyclic N) is 1. The molecule has 1 aliphatic rings. The lowest BCUT2D eigenvalue weighted by atomic mass is 9.94. The molecule has 4 aromatic rings. The van der Waals surface area contributed by atoms with Crippen molar-refractivity contribution in [2.24, 2.45) is 11.7 Å². The van der Waals surface area contributed by atoms with Crippen LogP contribution in [0.25, 0.3) is 11.0 Å². The van der Waals surface area contributed by atoms with Crippen LogP contribution in [0.5, 0.6) is 17.2 Å². The third-order valence-corrected chi connectivity index (χ3v) is 7.77. The zero-order chi connectivity index (χ0) is 29.9. The average Bonchev–Trinajstić information content (AvgIpc) is 3.72. The van der Waals surface area contributed by atoms with Gasteiger partial charge >= 0.3 is 5.69 Å². The van der Waals surface area contributed by atoms with Gasteiger partial charge in [0, 0.05) is 24.2 Å². The van der Waals surface area contributed by atoms with Crippen LogP contribution in [0, 0.1) is 5.92 Å². The number of aliphatic hydroxyl groups excluding tert-OH is 1. The highest BCUT2D eigenvalue weighted by atomic mass is 35.5. The van der Waals surface area contributed by atoms with E-state index in [1.807, 2.05) is 42.5 Å². The molecule has 1 saturated carbocycles. The molecule has 222 valence electrons. The summed E-state index contributed by atoms with van der Waals surface area (Å²) < 4.78 is 13.6. The first kappa shape index (κ1) is 29.7. The molecule has 5 rings (SSSR count). The minimum absolute atomic E-state index is 0.0964. The number of carbonyl (C=O) groups excluding carboxylic acids is 1. The van der Waals surface area contributed by atoms with Gasteiger partial charge in [-0.05, 0) is 80.6 Å². The van der Waals surface area contributed by atoms with Crippen LogP contribution in [-0.4, -0.2) is 45.4 Å². The Morgan fingerprint density at radius 1 is 1.17 bits per heavy atom. The number of halogens is 1. The fourth-order valence-electron chi connectivity index (χ4n) is 4.98. The standard InChI is InChI=1S/C32H37ClN4O5/c1-32(2,17-21-8-11-24(12-9-21)42-27-13-10-22(30(34)39)16-25(27)33)35-18-23(38)19-41-28-5-3-4-26-29(28)37(31(40)36-26)15-14-20-6-7-20/h3-5,8-13,16,20,23,35,38H,6-7,14-15,17-19H2,1-2H3,(H2,34,39)(H,36,40). The fourth-order valence-corrected chi connectivity index (χ4v) is 5.20. The highest BCUT2D eigenvalue weighted by Gasteiger charge is 2.23. The van der Waals surface area contributed by atoms with Gasteiger partial charge in [0.15, 0.2) is 0 Å². The summed E-state index contributed by atoms with van der Waals surface area (Å²) in [6.07, 6.45) is 3.43. The van der Waals surface area contributed by atoms with E-state index in [1.165, 1.54) is 18.9 Å². The van der Waals surface area contributed by atoms with Crippen molar-refractivity contribution < 1.29 is 19.4 Å². The van der Waals surface area contributed by atoms with E-state index in [2.05, 4.69) is 24.1 Å². The quantitative estimate of drug-likeness (QED) is 0.162. The highest BCUT2D eigenvalue weighted by Crippen LogP contribution is 2.34. The van der Waals surface area contributed by atoms with Crippen LogP contribution < -0.4 is 26.2 Å². The number of rotatable bonds is 14. The number of aromatic amines is 1. The molecule has 0 aliphatic heterocycles. The number of benzene rings is 3. The highest BCUT2D eigenvalue weighted by molar-refractivity contribution is 6.32. The van der Waals surface area contributed by atoms with Crippen molar-refractivity contribution in [3.05, 3.63) is 87.3 Å². The fraction of sp³-hybridized carbons (Fsp3) is 0.375. The molecule has 0 saturated heterocycles. The van der Waals surface area contributed by atoms with Gasteiger partial charge in [0.2, 0.25) is 5.91 Å². The van der Waals surface area contributed by atoms with Crippen LogP contribution in [0.1, 0.15) is 49.0 Å². The zero-order valence-corrected chi connectivity index (χ0v) is 24.6. The summed E-state index contributed by atoms with van der Waals surface area (Å²) in [4.78, 5) is 26.8. The normalized spacial score (nSPS) is 14.2. The number of amides is 1. The second kappa shape index (κ2) is 12.6. The molecule has 1 aliphatic carbocycles. The lowest BCUT2D eigenvalue weighted by Crippen LogP contribution is -2.46. The number of H-pyrrole nitrogens is 1. The topological polar surface area (TPSA) is 132 Å². The number of hydrogen-bond donors (Lipinski definition) is 4. The summed E-state index contributed by atoms with van der Waals surface area (Å²) in [5, 5.41) is 14.4. The molecule has 9 nitrogen and oxygen atoms in total. The smallest absolute Gasteiger partial charge is 0.326 e. The van der Waals surface area contributed by atoms with Gasteiger partial charge in [-0.2, -0.15) is 0 Å². The van der Waals surface area contributed by atoms with E-state index >= 15 is 0 Å². The van der Waals surface area contributed by atoms with E-state index in [0.29, 0.717) is 53.3 Å². The van der Waals surface area contributed by atoms with Crippen molar-refractivity contribution >= 4 is 28.5 Å². The molecule has 0 spiro atoms. The molecule has 10 heteroatoms. The van der Waals surface area contributed by atoms with E-state index in [0.717, 1.165) is 23.0 Å². The van der Waals surface area contributed by atoms with Crippen molar-refractivity contribution in [3.8, 4) is 17.2 Å². The summed E-state index contributed by atoms with van der Waals surface area (Å²) in [5.41, 5.74) is 7.75. The van der Waals surface area contributed by atoms with E-state index in [-0.39, 0.29) is 17.8 Å². The van der Waals surface area contributed by atoms with E-state index in [4.69, 9.17) is 26.8 Å². The number of aryl methyl sites for hydroxylation is 1. The molecule has 1 unspecified atom stereocenters. The maximum atomic E-state index is 12.5. The summed E-state index contributed by atoms with van der Waals surface area (Å²) >= 11 is 6.23. The summed E-state index contributed by atoms with van der Waals surface area (Å²) in [7, 11) is 0. The minimum Gasteiger partial charge on any atom is -0.489 e. The maximum absolute atomic E-state index is 12.5. The van der Waals surface area contributed by atoms with Gasteiger partial charge in [-0.15, -0.1) is 0 Å². The number of aromatic nitrogens is 2. The number of carbonyl (C=O) groups is 1. The number of nitrogens with two attached hydrogens (primary N) is 1. The lowest BCUT2D eigenvalue weighted by Gasteiger charge is -2.28. The van der Waals surface area contributed by atoms with Crippen molar-refractivity contribution in [1.82, 2.24) is 14.9 Å². The number of fused-ring (bicyclic) bond motifs is 1. The van der Waals surface area contributed by atoms with E-state index in [1.54, 1.807) is 16.7 Å². The Morgan fingerprint density at radius 2 is 1.93 bits per heavy atom. The molecule has 42 heavy (non-hydrogen) atoms. The number of nitrogens with zero attached hydrogens (tertiary/aromatic N) is 1. The monoisotopic (exact) mass is 592 g/mol. The average molecular weight is 593 g/mol. The number of aliphatic hydroxyl groups is 1. The van der Waals surface area contributed by atoms with Crippen molar-refractivity contribution in [2.75, 3.05) is 13.2 Å². The van der Waals surface area contributed by atoms with Crippen LogP contribution in [-0.2, 0) is 13.0 Å². The number of hydrogen-bond acceptors (Lipinski definition) is 6. The van der Waals surface area contributed by atoms with Crippen molar-refractivity contribution in [2.45, 2.75) is 57.7 Å². The van der Waals surface area contributed by atoms with Gasteiger partial charge in [-0.25, -0.2) is 4.79 Å². The van der Waals surface area contributed by atoms with Crippen molar-refractivity contribution in [3.63, 3.8) is 0 Å². The van der Waals surface area contributed by atoms with Crippen LogP contribution >= 0.6 is 11.6 Å². The van der Waals surface area contributed by atoms with Crippen LogP contribution in [0.4, 0.5) is 0 Å². The zero-order valence-electron chi connectivity index (χ0n) is 23.9. The molecule has 1 fully saturated rings. The Hall–Kier alpha value is -3.79. The maximum Gasteiger partial charge on any atom is 0.326 e. The minimum atomic E-state index is -0.744. The molecule has 5 N–H and O–H groups in total. The number of imidazole rings is 1. The lowest BCUT2D eigenvalue weighted by molar-refractivity contribution is 0.0993. The Balaban J connectivity index is 1.12. The first-order valence-electron chi connectivity index (χ1n) is 14.2. The Bertz CT molecular complexity index is 1610. The molecular weight excluding hydrogens is 556 g/mol. The second-order valence-corrected chi connectivity index (χ2v) is 12.0. The van der Waals surface area contributed by atoms with E-state index < -0.39 is 12.0 Å². The van der Waals surface area contributed by atoms with Crippen LogP contribution in [0.3, 0.4) is 0 Å². The third-order valence-electron chi connectivity index (χ3n) is 7.47. The predicted octanol–water partition coefficient (Wildman–Crippen LogP) is 5.02. The Labute approximate surface area is 249 Å². The van der Waals surface area contributed by atoms with Gasteiger partial charge in [0.1, 0.15) is 35.5 Å². The number of para-hydroxylation sites is 1. The largest absolute Gasteiger partial charge is 0.489 e. The summed E-state index contributed by atoms with van der Waals surface area (Å²) in [6.45, 7) is 5.24. The molecular formula is C32H37ClN4O5. The SMILES string of the molecule is CC(C)(Cc1ccc(Oc2ccc(C(N)=O)cc2Cl)cc1)NCC(O)COc1cccc2[nH]c(=O)n(CCC3CC3)c12. The van der Waals surface area contributed by atoms with E-state index in [9.17, 15) is 14.7 Å². The summed E-state index contributed by atoms with van der Waals surface area (Å²) in [6, 6.07) is 17.9. The molecule has 0 radical (unpaired) electrons. The van der Waals surface area contributed by atoms with Gasteiger partial charge in [0.25, 0.3) is 0 Å². The summed E-state index contributed by atoms with van der Waals surface area (Å²) in [5.74, 6) is 1.80. The first-order valence-corrected chi connectivity index (χ1v) is 14.6. The second-order valence-electron chi connectivity index (χ2n) is 11.6. The molecule has 1 heterocycles. The Kier molecular flexibility index (Phi) is 8.91. The molecule has 1 amide bonds. The third kappa shape index (κ3) is 7.53. The molecule has 0 bridgehead atoms. The first-order chi connectivity index (χ1) is 20.1.